The van der Waals surface area contributed by atoms with Crippen LogP contribution in [0.5, 0.6) is 0 Å². The molecule has 3 heterocycles. The maximum Gasteiger partial charge on any atom is 0.254 e. The fraction of sp³-hybridized carbons (Fsp3) is 0.583. The lowest BCUT2D eigenvalue weighted by atomic mass is 9.93. The van der Waals surface area contributed by atoms with Crippen LogP contribution < -0.4 is 0 Å². The summed E-state index contributed by atoms with van der Waals surface area (Å²) in [6, 6.07) is 8.18. The topological polar surface area (TPSA) is 36.4 Å². The molecule has 4 nitrogen and oxygen atoms in total. The Kier molecular flexibility index (Phi) is 5.68. The van der Waals surface area contributed by atoms with Crippen molar-refractivity contribution in [2.45, 2.75) is 46.5 Å². The van der Waals surface area contributed by atoms with E-state index in [-0.39, 0.29) is 5.91 Å². The minimum absolute atomic E-state index is 0.179. The second-order valence-electron chi connectivity index (χ2n) is 9.07. The number of aryl methyl sites for hydroxylation is 2. The van der Waals surface area contributed by atoms with Gasteiger partial charge in [-0.2, -0.15) is 0 Å². The Bertz CT molecular complexity index is 854. The van der Waals surface area contributed by atoms with Crippen molar-refractivity contribution in [3.63, 3.8) is 0 Å². The van der Waals surface area contributed by atoms with Gasteiger partial charge in [-0.25, -0.2) is 0 Å². The molecule has 0 bridgehead atoms. The minimum atomic E-state index is 0.179. The second kappa shape index (κ2) is 8.20. The van der Waals surface area contributed by atoms with Crippen molar-refractivity contribution in [3.8, 4) is 0 Å². The summed E-state index contributed by atoms with van der Waals surface area (Å²) in [5.74, 6) is 1.65. The van der Waals surface area contributed by atoms with Crippen molar-refractivity contribution in [1.82, 2.24) is 14.8 Å². The zero-order valence-electron chi connectivity index (χ0n) is 17.6. The van der Waals surface area contributed by atoms with Crippen LogP contribution >= 0.6 is 0 Å². The molecule has 0 radical (unpaired) electrons. The number of rotatable bonds is 3. The molecule has 0 saturated carbocycles. The van der Waals surface area contributed by atoms with Gasteiger partial charge in [0.05, 0.1) is 11.1 Å². The van der Waals surface area contributed by atoms with Crippen molar-refractivity contribution in [2.75, 3.05) is 32.7 Å². The number of amides is 1. The van der Waals surface area contributed by atoms with Gasteiger partial charge in [-0.15, -0.1) is 0 Å². The quantitative estimate of drug-likeness (QED) is 0.791. The first kappa shape index (κ1) is 19.4. The van der Waals surface area contributed by atoms with Gasteiger partial charge in [0.25, 0.3) is 5.91 Å². The second-order valence-corrected chi connectivity index (χ2v) is 9.07. The molecule has 4 heteroatoms. The highest BCUT2D eigenvalue weighted by molar-refractivity contribution is 6.06. The molecular formula is C24H33N3O. The van der Waals surface area contributed by atoms with Crippen LogP contribution in [0.15, 0.2) is 24.3 Å². The average Bonchev–Trinajstić information content (AvgIpc) is 2.69. The van der Waals surface area contributed by atoms with Crippen LogP contribution in [-0.2, 0) is 0 Å². The molecular weight excluding hydrogens is 346 g/mol. The Balaban J connectivity index is 1.50. The molecule has 0 aliphatic carbocycles. The Morgan fingerprint density at radius 3 is 2.68 bits per heavy atom. The Morgan fingerprint density at radius 1 is 1.11 bits per heavy atom. The van der Waals surface area contributed by atoms with Crippen LogP contribution in [0.2, 0.25) is 0 Å². The number of fused-ring (bicyclic) bond motifs is 1. The van der Waals surface area contributed by atoms with Crippen LogP contribution in [0.3, 0.4) is 0 Å². The van der Waals surface area contributed by atoms with E-state index in [0.29, 0.717) is 5.92 Å². The monoisotopic (exact) mass is 379 g/mol. The van der Waals surface area contributed by atoms with Crippen LogP contribution in [-0.4, -0.2) is 53.4 Å². The van der Waals surface area contributed by atoms with Gasteiger partial charge in [0.15, 0.2) is 0 Å². The molecule has 1 aromatic heterocycles. The first-order valence-electron chi connectivity index (χ1n) is 10.9. The number of benzene rings is 1. The summed E-state index contributed by atoms with van der Waals surface area (Å²) in [6.07, 6.45) is 4.99. The Hall–Kier alpha value is -1.94. The number of hydrogen-bond donors (Lipinski definition) is 0. The van der Waals surface area contributed by atoms with Gasteiger partial charge in [0, 0.05) is 30.7 Å². The lowest BCUT2D eigenvalue weighted by Crippen LogP contribution is -2.45. The fourth-order valence-electron chi connectivity index (χ4n) is 4.83. The lowest BCUT2D eigenvalue weighted by Gasteiger charge is -2.38. The van der Waals surface area contributed by atoms with Crippen LogP contribution in [0.25, 0.3) is 10.9 Å². The average molecular weight is 380 g/mol. The highest BCUT2D eigenvalue weighted by Crippen LogP contribution is 2.26. The van der Waals surface area contributed by atoms with E-state index in [0.717, 1.165) is 54.1 Å². The van der Waals surface area contributed by atoms with E-state index in [4.69, 9.17) is 0 Å². The molecule has 2 saturated heterocycles. The molecule has 1 atom stereocenters. The Morgan fingerprint density at radius 2 is 1.89 bits per heavy atom. The minimum Gasteiger partial charge on any atom is -0.338 e. The largest absolute Gasteiger partial charge is 0.338 e. The number of piperidine rings is 2. The molecule has 1 amide bonds. The van der Waals surface area contributed by atoms with Crippen LogP contribution in [0, 0.1) is 25.7 Å². The van der Waals surface area contributed by atoms with Gasteiger partial charge < -0.3 is 9.80 Å². The third kappa shape index (κ3) is 4.22. The number of carbonyl (C=O) groups excluding carboxylic acids is 1. The molecule has 2 aromatic rings. The highest BCUT2D eigenvalue weighted by Gasteiger charge is 2.28. The Labute approximate surface area is 168 Å². The number of aromatic nitrogens is 1. The molecule has 1 unspecified atom stereocenters. The van der Waals surface area contributed by atoms with Gasteiger partial charge in [-0.1, -0.05) is 18.6 Å². The molecule has 28 heavy (non-hydrogen) atoms. The summed E-state index contributed by atoms with van der Waals surface area (Å²) in [5.41, 5.74) is 3.82. The first-order valence-corrected chi connectivity index (χ1v) is 10.9. The standard InChI is InChI=1S/C24H33N3O/c1-17-8-11-26(12-9-17)15-20-5-4-10-27(16-20)24(28)22-14-19(3)25-23-7-6-18(2)13-21(22)23/h6-7,13-14,17,20H,4-5,8-12,15-16H2,1-3H3. The third-order valence-electron chi connectivity index (χ3n) is 6.52. The van der Waals surface area contributed by atoms with Gasteiger partial charge in [-0.3, -0.25) is 9.78 Å². The SMILES string of the molecule is Cc1ccc2nc(C)cc(C(=O)N3CCCC(CN4CCC(C)CC4)C3)c2c1. The highest BCUT2D eigenvalue weighted by atomic mass is 16.2. The van der Waals surface area contributed by atoms with E-state index in [1.54, 1.807) is 0 Å². The molecule has 2 fully saturated rings. The number of hydrogen-bond acceptors (Lipinski definition) is 3. The smallest absolute Gasteiger partial charge is 0.254 e. The molecule has 1 aromatic carbocycles. The van der Waals surface area contributed by atoms with E-state index in [1.807, 2.05) is 19.1 Å². The van der Waals surface area contributed by atoms with Gasteiger partial charge >= 0.3 is 0 Å². The molecule has 0 N–H and O–H groups in total. The molecule has 150 valence electrons. The van der Waals surface area contributed by atoms with Crippen molar-refractivity contribution in [3.05, 3.63) is 41.1 Å². The van der Waals surface area contributed by atoms with Crippen LogP contribution in [0.1, 0.15) is 54.2 Å². The number of pyridine rings is 1. The fourth-order valence-corrected chi connectivity index (χ4v) is 4.83. The van der Waals surface area contributed by atoms with Crippen LogP contribution in [0.4, 0.5) is 0 Å². The maximum atomic E-state index is 13.4. The third-order valence-corrected chi connectivity index (χ3v) is 6.52. The normalized spacial score (nSPS) is 22.0. The van der Waals surface area contributed by atoms with Crippen molar-refractivity contribution >= 4 is 16.8 Å². The summed E-state index contributed by atoms with van der Waals surface area (Å²) >= 11 is 0. The predicted molar refractivity (Wildman–Crippen MR) is 115 cm³/mol. The van der Waals surface area contributed by atoms with Gasteiger partial charge in [-0.05, 0) is 82.7 Å². The number of likely N-dealkylation sites (tertiary alicyclic amines) is 2. The molecule has 0 spiro atoms. The summed E-state index contributed by atoms with van der Waals surface area (Å²) in [7, 11) is 0. The molecule has 2 aliphatic heterocycles. The van der Waals surface area contributed by atoms with E-state index in [1.165, 1.54) is 37.9 Å². The molecule has 2 aliphatic rings. The zero-order valence-corrected chi connectivity index (χ0v) is 17.6. The molecule has 4 rings (SSSR count). The van der Waals surface area contributed by atoms with Crippen molar-refractivity contribution < 1.29 is 4.79 Å². The van der Waals surface area contributed by atoms with Crippen molar-refractivity contribution in [2.24, 2.45) is 11.8 Å². The van der Waals surface area contributed by atoms with Gasteiger partial charge in [0.1, 0.15) is 0 Å². The summed E-state index contributed by atoms with van der Waals surface area (Å²) in [5, 5.41) is 0.989. The predicted octanol–water partition coefficient (Wildman–Crippen LogP) is 4.44. The van der Waals surface area contributed by atoms with Crippen molar-refractivity contribution in [1.29, 1.82) is 0 Å². The lowest BCUT2D eigenvalue weighted by molar-refractivity contribution is 0.0624. The maximum absolute atomic E-state index is 13.4. The van der Waals surface area contributed by atoms with E-state index < -0.39 is 0 Å². The van der Waals surface area contributed by atoms with E-state index in [2.05, 4.69) is 40.8 Å². The zero-order chi connectivity index (χ0) is 19.7. The number of carbonyl (C=O) groups is 1. The first-order chi connectivity index (χ1) is 13.5. The van der Waals surface area contributed by atoms with E-state index in [9.17, 15) is 4.79 Å². The summed E-state index contributed by atoms with van der Waals surface area (Å²) < 4.78 is 0. The number of nitrogens with zero attached hydrogens (tertiary/aromatic N) is 3. The van der Waals surface area contributed by atoms with Gasteiger partial charge in [0.2, 0.25) is 0 Å². The summed E-state index contributed by atoms with van der Waals surface area (Å²) in [4.78, 5) is 22.8. The summed E-state index contributed by atoms with van der Waals surface area (Å²) in [6.45, 7) is 11.8. The van der Waals surface area contributed by atoms with E-state index >= 15 is 0 Å².